The van der Waals surface area contributed by atoms with E-state index in [0.717, 1.165) is 29.9 Å². The van der Waals surface area contributed by atoms with Crippen molar-refractivity contribution >= 4 is 34.2 Å². The Balaban J connectivity index is 1.44. The van der Waals surface area contributed by atoms with Crippen LogP contribution in [-0.4, -0.2) is 22.8 Å². The number of benzene rings is 4. The quantitative estimate of drug-likeness (QED) is 0.175. The van der Waals surface area contributed by atoms with Crippen LogP contribution in [0.1, 0.15) is 22.3 Å². The molecule has 1 aliphatic rings. The molecular weight excluding hydrogens is 464 g/mol. The lowest BCUT2D eigenvalue weighted by Gasteiger charge is -2.18. The minimum Gasteiger partial charge on any atom is -0.354 e. The molecule has 0 saturated carbocycles. The van der Waals surface area contributed by atoms with Gasteiger partial charge in [0.15, 0.2) is 0 Å². The summed E-state index contributed by atoms with van der Waals surface area (Å²) in [6.45, 7) is 1.65. The van der Waals surface area contributed by atoms with Crippen molar-refractivity contribution in [1.29, 1.82) is 0 Å². The van der Waals surface area contributed by atoms with Gasteiger partial charge in [0, 0.05) is 42.2 Å². The number of nitro benzene ring substituents is 1. The maximum atomic E-state index is 13.1. The monoisotopic (exact) mass is 490 g/mol. The average Bonchev–Trinajstić information content (AvgIpc) is 3.24. The molecule has 0 aromatic heterocycles. The molecule has 5 rings (SSSR count). The third-order valence-corrected chi connectivity index (χ3v) is 6.24. The number of amides is 1. The summed E-state index contributed by atoms with van der Waals surface area (Å²) in [6, 6.07) is 32.3. The van der Waals surface area contributed by atoms with Crippen molar-refractivity contribution in [3.63, 3.8) is 0 Å². The predicted molar refractivity (Wildman–Crippen MR) is 147 cm³/mol. The molecule has 7 nitrogen and oxygen atoms in total. The van der Waals surface area contributed by atoms with Crippen molar-refractivity contribution in [2.24, 2.45) is 0 Å². The van der Waals surface area contributed by atoms with E-state index in [9.17, 15) is 14.9 Å². The lowest BCUT2D eigenvalue weighted by molar-refractivity contribution is -0.384. The SMILES string of the molecule is CN(Cc1ccccc1)Cc1ccc(NC(=C2C(=O)Nc3ccc([N+](=O)[O-])cc32)c2ccccc2)cc1. The predicted octanol–water partition coefficient (Wildman–Crippen LogP) is 6.16. The molecule has 0 spiro atoms. The van der Waals surface area contributed by atoms with Gasteiger partial charge in [0.1, 0.15) is 0 Å². The smallest absolute Gasteiger partial charge is 0.270 e. The molecule has 0 radical (unpaired) electrons. The Morgan fingerprint density at radius 2 is 1.49 bits per heavy atom. The number of carbonyl (C=O) groups is 1. The molecule has 7 heteroatoms. The first-order valence-corrected chi connectivity index (χ1v) is 12.0. The summed E-state index contributed by atoms with van der Waals surface area (Å²) in [4.78, 5) is 26.3. The lowest BCUT2D eigenvalue weighted by atomic mass is 9.99. The van der Waals surface area contributed by atoms with Crippen LogP contribution in [0.4, 0.5) is 17.1 Å². The molecule has 0 bridgehead atoms. The van der Waals surface area contributed by atoms with E-state index in [2.05, 4.69) is 46.8 Å². The van der Waals surface area contributed by atoms with Crippen LogP contribution in [0.15, 0.2) is 103 Å². The lowest BCUT2D eigenvalue weighted by Crippen LogP contribution is -2.17. The second-order valence-corrected chi connectivity index (χ2v) is 9.04. The fraction of sp³-hybridized carbons (Fsp3) is 0.100. The summed E-state index contributed by atoms with van der Waals surface area (Å²) in [5, 5.41) is 17.6. The molecule has 0 unspecified atom stereocenters. The average molecular weight is 491 g/mol. The van der Waals surface area contributed by atoms with Gasteiger partial charge >= 0.3 is 0 Å². The zero-order valence-corrected chi connectivity index (χ0v) is 20.3. The molecule has 1 heterocycles. The van der Waals surface area contributed by atoms with E-state index in [1.807, 2.05) is 60.7 Å². The molecule has 1 amide bonds. The standard InChI is InChI=1S/C30H26N4O3/c1-33(19-21-8-4-2-5-9-21)20-22-12-14-24(15-13-22)31-29(23-10-6-3-7-11-23)28-26-18-25(34(36)37)16-17-27(26)32-30(28)35/h2-18,31H,19-20H2,1H3,(H,32,35). The highest BCUT2D eigenvalue weighted by atomic mass is 16.6. The summed E-state index contributed by atoms with van der Waals surface area (Å²) in [6.07, 6.45) is 0. The molecule has 4 aromatic rings. The Hall–Kier alpha value is -4.75. The first-order chi connectivity index (χ1) is 18.0. The van der Waals surface area contributed by atoms with E-state index < -0.39 is 4.92 Å². The van der Waals surface area contributed by atoms with Gasteiger partial charge in [0.2, 0.25) is 0 Å². The van der Waals surface area contributed by atoms with E-state index in [0.29, 0.717) is 22.5 Å². The molecule has 0 aliphatic carbocycles. The van der Waals surface area contributed by atoms with Gasteiger partial charge in [-0.2, -0.15) is 0 Å². The normalized spacial score (nSPS) is 13.7. The summed E-state index contributed by atoms with van der Waals surface area (Å²) >= 11 is 0. The third-order valence-electron chi connectivity index (χ3n) is 6.24. The fourth-order valence-electron chi connectivity index (χ4n) is 4.50. The number of nitro groups is 1. The zero-order chi connectivity index (χ0) is 25.8. The van der Waals surface area contributed by atoms with E-state index in [1.165, 1.54) is 17.7 Å². The molecule has 0 atom stereocenters. The van der Waals surface area contributed by atoms with Crippen molar-refractivity contribution in [2.75, 3.05) is 17.7 Å². The molecule has 0 saturated heterocycles. The summed E-state index contributed by atoms with van der Waals surface area (Å²) in [5.74, 6) is -0.305. The van der Waals surface area contributed by atoms with Crippen molar-refractivity contribution in [1.82, 2.24) is 4.90 Å². The van der Waals surface area contributed by atoms with Crippen LogP contribution >= 0.6 is 0 Å². The number of carbonyl (C=O) groups excluding carboxylic acids is 1. The van der Waals surface area contributed by atoms with E-state index in [-0.39, 0.29) is 11.6 Å². The maximum absolute atomic E-state index is 13.1. The van der Waals surface area contributed by atoms with Gasteiger partial charge < -0.3 is 10.6 Å². The second kappa shape index (κ2) is 10.5. The maximum Gasteiger partial charge on any atom is 0.270 e. The van der Waals surface area contributed by atoms with Gasteiger partial charge in [0.25, 0.3) is 11.6 Å². The Bertz CT molecular complexity index is 1470. The number of nitrogens with one attached hydrogen (secondary N) is 2. The zero-order valence-electron chi connectivity index (χ0n) is 20.3. The molecule has 0 fully saturated rings. The molecule has 184 valence electrons. The van der Waals surface area contributed by atoms with Crippen LogP contribution in [0.25, 0.3) is 11.3 Å². The number of non-ortho nitro benzene ring substituents is 1. The number of fused-ring (bicyclic) bond motifs is 1. The summed E-state index contributed by atoms with van der Waals surface area (Å²) in [5.41, 5.74) is 6.00. The Labute approximate surface area is 215 Å². The van der Waals surface area contributed by atoms with Gasteiger partial charge in [-0.15, -0.1) is 0 Å². The van der Waals surface area contributed by atoms with Crippen LogP contribution in [-0.2, 0) is 17.9 Å². The van der Waals surface area contributed by atoms with Crippen LogP contribution in [0.2, 0.25) is 0 Å². The Morgan fingerprint density at radius 1 is 0.865 bits per heavy atom. The van der Waals surface area contributed by atoms with Crippen LogP contribution in [0.3, 0.4) is 0 Å². The van der Waals surface area contributed by atoms with Crippen LogP contribution in [0.5, 0.6) is 0 Å². The first kappa shape index (κ1) is 24.0. The molecular formula is C30H26N4O3. The minimum atomic E-state index is -0.455. The molecule has 37 heavy (non-hydrogen) atoms. The summed E-state index contributed by atoms with van der Waals surface area (Å²) in [7, 11) is 2.09. The van der Waals surface area contributed by atoms with Crippen molar-refractivity contribution in [3.05, 3.63) is 135 Å². The number of nitrogens with zero attached hydrogens (tertiary/aromatic N) is 2. The van der Waals surface area contributed by atoms with Gasteiger partial charge in [-0.3, -0.25) is 19.8 Å². The highest BCUT2D eigenvalue weighted by Crippen LogP contribution is 2.39. The first-order valence-electron chi connectivity index (χ1n) is 12.0. The fourth-order valence-corrected chi connectivity index (χ4v) is 4.50. The van der Waals surface area contributed by atoms with Crippen molar-refractivity contribution in [3.8, 4) is 0 Å². The minimum absolute atomic E-state index is 0.0656. The van der Waals surface area contributed by atoms with Crippen molar-refractivity contribution in [2.45, 2.75) is 13.1 Å². The van der Waals surface area contributed by atoms with E-state index in [1.54, 1.807) is 6.07 Å². The third kappa shape index (κ3) is 5.42. The molecule has 1 aliphatic heterocycles. The highest BCUT2D eigenvalue weighted by Gasteiger charge is 2.30. The van der Waals surface area contributed by atoms with Crippen molar-refractivity contribution < 1.29 is 9.72 Å². The summed E-state index contributed by atoms with van der Waals surface area (Å²) < 4.78 is 0. The largest absolute Gasteiger partial charge is 0.354 e. The topological polar surface area (TPSA) is 87.5 Å². The highest BCUT2D eigenvalue weighted by molar-refractivity contribution is 6.37. The van der Waals surface area contributed by atoms with Gasteiger partial charge in [-0.25, -0.2) is 0 Å². The van der Waals surface area contributed by atoms with Crippen LogP contribution < -0.4 is 10.6 Å². The van der Waals surface area contributed by atoms with Gasteiger partial charge in [0.05, 0.1) is 16.2 Å². The number of rotatable bonds is 8. The number of hydrogen-bond donors (Lipinski definition) is 2. The number of hydrogen-bond acceptors (Lipinski definition) is 5. The van der Waals surface area contributed by atoms with E-state index in [4.69, 9.17) is 0 Å². The Kier molecular flexibility index (Phi) is 6.78. The molecule has 2 N–H and O–H groups in total. The molecule has 4 aromatic carbocycles. The van der Waals surface area contributed by atoms with E-state index >= 15 is 0 Å². The van der Waals surface area contributed by atoms with Crippen LogP contribution in [0, 0.1) is 10.1 Å². The Morgan fingerprint density at radius 3 is 2.14 bits per heavy atom. The van der Waals surface area contributed by atoms with Gasteiger partial charge in [-0.05, 0) is 41.9 Å². The second-order valence-electron chi connectivity index (χ2n) is 9.04. The number of anilines is 2. The van der Waals surface area contributed by atoms with Gasteiger partial charge in [-0.1, -0.05) is 72.8 Å².